The van der Waals surface area contributed by atoms with Crippen molar-refractivity contribution in [2.45, 2.75) is 19.1 Å². The Morgan fingerprint density at radius 1 is 1.03 bits per heavy atom. The molecule has 1 aliphatic rings. The van der Waals surface area contributed by atoms with Gasteiger partial charge in [0.15, 0.2) is 6.61 Å². The molecule has 10 heteroatoms. The lowest BCUT2D eigenvalue weighted by Crippen LogP contribution is -2.44. The predicted molar refractivity (Wildman–Crippen MR) is 97.4 cm³/mol. The smallest absolute Gasteiger partial charge is 0.416 e. The monoisotopic (exact) mass is 420 g/mol. The number of anilines is 1. The Morgan fingerprint density at radius 2 is 1.63 bits per heavy atom. The van der Waals surface area contributed by atoms with Gasteiger partial charge >= 0.3 is 12.1 Å². The van der Waals surface area contributed by atoms with Crippen LogP contribution in [0.2, 0.25) is 0 Å². The van der Waals surface area contributed by atoms with Gasteiger partial charge < -0.3 is 10.1 Å². The molecule has 30 heavy (non-hydrogen) atoms. The number of halogens is 3. The summed E-state index contributed by atoms with van der Waals surface area (Å²) in [5.74, 6) is -3.21. The van der Waals surface area contributed by atoms with Crippen molar-refractivity contribution in [2.24, 2.45) is 0 Å². The quantitative estimate of drug-likeness (QED) is 0.593. The minimum absolute atomic E-state index is 0.126. The number of carbonyl (C=O) groups is 4. The second-order valence-corrected chi connectivity index (χ2v) is 6.44. The summed E-state index contributed by atoms with van der Waals surface area (Å²) in [7, 11) is 0. The normalized spacial score (nSPS) is 14.3. The van der Waals surface area contributed by atoms with E-state index in [4.69, 9.17) is 4.74 Å². The highest BCUT2D eigenvalue weighted by Crippen LogP contribution is 2.30. The van der Waals surface area contributed by atoms with Crippen molar-refractivity contribution in [2.75, 3.05) is 11.9 Å². The summed E-state index contributed by atoms with van der Waals surface area (Å²) in [6.07, 6.45) is -4.57. The third-order valence-corrected chi connectivity index (χ3v) is 4.37. The topological polar surface area (TPSA) is 92.8 Å². The first-order chi connectivity index (χ1) is 14.1. The number of esters is 1. The molecule has 2 aromatic carbocycles. The van der Waals surface area contributed by atoms with Crippen molar-refractivity contribution >= 4 is 29.4 Å². The lowest BCUT2D eigenvalue weighted by molar-refractivity contribution is -0.150. The second kappa shape index (κ2) is 7.97. The number of imide groups is 1. The van der Waals surface area contributed by atoms with E-state index in [0.717, 1.165) is 23.1 Å². The minimum atomic E-state index is -4.57. The van der Waals surface area contributed by atoms with Gasteiger partial charge in [-0.3, -0.25) is 19.3 Å². The van der Waals surface area contributed by atoms with E-state index in [1.165, 1.54) is 25.1 Å². The van der Waals surface area contributed by atoms with E-state index in [1.54, 1.807) is 12.1 Å². The summed E-state index contributed by atoms with van der Waals surface area (Å²) in [6.45, 7) is 0.470. The summed E-state index contributed by atoms with van der Waals surface area (Å²) in [5, 5.41) is 2.19. The molecule has 0 spiro atoms. The van der Waals surface area contributed by atoms with Crippen molar-refractivity contribution in [3.63, 3.8) is 0 Å². The zero-order valence-electron chi connectivity index (χ0n) is 15.5. The summed E-state index contributed by atoms with van der Waals surface area (Å²) in [4.78, 5) is 49.6. The van der Waals surface area contributed by atoms with Crippen molar-refractivity contribution in [3.8, 4) is 0 Å². The molecule has 1 aliphatic heterocycles. The maximum Gasteiger partial charge on any atom is 0.416 e. The van der Waals surface area contributed by atoms with E-state index >= 15 is 0 Å². The van der Waals surface area contributed by atoms with Gasteiger partial charge in [-0.25, -0.2) is 4.79 Å². The summed E-state index contributed by atoms with van der Waals surface area (Å²) in [5.41, 5.74) is -0.760. The Labute approximate surface area is 168 Å². The third-order valence-electron chi connectivity index (χ3n) is 4.37. The van der Waals surface area contributed by atoms with Crippen LogP contribution in [0.5, 0.6) is 0 Å². The van der Waals surface area contributed by atoms with Crippen LogP contribution in [-0.4, -0.2) is 41.2 Å². The number of rotatable bonds is 5. The minimum Gasteiger partial charge on any atom is -0.454 e. The number of carbonyl (C=O) groups excluding carboxylic acids is 4. The molecule has 2 aromatic rings. The van der Waals surface area contributed by atoms with E-state index in [2.05, 4.69) is 5.32 Å². The van der Waals surface area contributed by atoms with Crippen LogP contribution in [0, 0.1) is 0 Å². The fraction of sp³-hybridized carbons (Fsp3) is 0.200. The van der Waals surface area contributed by atoms with E-state index in [9.17, 15) is 32.3 Å². The average Bonchev–Trinajstić information content (AvgIpc) is 2.96. The predicted octanol–water partition coefficient (Wildman–Crippen LogP) is 2.87. The van der Waals surface area contributed by atoms with Gasteiger partial charge in [0.05, 0.1) is 16.7 Å². The Balaban J connectivity index is 1.59. The van der Waals surface area contributed by atoms with Crippen LogP contribution in [-0.2, 0) is 20.5 Å². The van der Waals surface area contributed by atoms with Crippen LogP contribution in [0.3, 0.4) is 0 Å². The van der Waals surface area contributed by atoms with Gasteiger partial charge in [-0.2, -0.15) is 13.2 Å². The molecule has 3 rings (SSSR count). The molecular formula is C20H15F3N2O5. The van der Waals surface area contributed by atoms with Crippen LogP contribution in [0.1, 0.15) is 33.2 Å². The SMILES string of the molecule is C[C@@H](C(=O)OCC(=O)Nc1cccc(C(F)(F)F)c1)N1C(=O)c2ccccc2C1=O. The Hall–Kier alpha value is -3.69. The molecule has 1 N–H and O–H groups in total. The van der Waals surface area contributed by atoms with E-state index in [1.807, 2.05) is 0 Å². The van der Waals surface area contributed by atoms with Gasteiger partial charge in [-0.05, 0) is 37.3 Å². The number of amides is 3. The maximum atomic E-state index is 12.7. The van der Waals surface area contributed by atoms with Crippen molar-refractivity contribution in [1.29, 1.82) is 0 Å². The van der Waals surface area contributed by atoms with Crippen molar-refractivity contribution < 1.29 is 37.1 Å². The molecule has 0 fully saturated rings. The lowest BCUT2D eigenvalue weighted by atomic mass is 10.1. The van der Waals surface area contributed by atoms with Crippen LogP contribution in [0.25, 0.3) is 0 Å². The number of hydrogen-bond acceptors (Lipinski definition) is 5. The molecule has 0 radical (unpaired) electrons. The summed E-state index contributed by atoms with van der Waals surface area (Å²) >= 11 is 0. The average molecular weight is 420 g/mol. The fourth-order valence-corrected chi connectivity index (χ4v) is 2.89. The molecule has 156 valence electrons. The second-order valence-electron chi connectivity index (χ2n) is 6.44. The summed E-state index contributed by atoms with van der Waals surface area (Å²) < 4.78 is 43.0. The molecule has 0 saturated carbocycles. The lowest BCUT2D eigenvalue weighted by Gasteiger charge is -2.20. The Kier molecular flexibility index (Phi) is 5.59. The zero-order chi connectivity index (χ0) is 22.1. The first-order valence-corrected chi connectivity index (χ1v) is 8.70. The first kappa shape index (κ1) is 21.0. The zero-order valence-corrected chi connectivity index (χ0v) is 15.5. The number of alkyl halides is 3. The third kappa shape index (κ3) is 4.17. The van der Waals surface area contributed by atoms with Crippen molar-refractivity contribution in [3.05, 3.63) is 65.2 Å². The number of benzene rings is 2. The van der Waals surface area contributed by atoms with Gasteiger partial charge in [-0.15, -0.1) is 0 Å². The van der Waals surface area contributed by atoms with E-state index in [0.29, 0.717) is 0 Å². The fourth-order valence-electron chi connectivity index (χ4n) is 2.89. The first-order valence-electron chi connectivity index (χ1n) is 8.70. The molecule has 1 heterocycles. The largest absolute Gasteiger partial charge is 0.454 e. The Bertz CT molecular complexity index is 1000. The van der Waals surface area contributed by atoms with E-state index < -0.39 is 48.1 Å². The van der Waals surface area contributed by atoms with Crippen LogP contribution in [0.15, 0.2) is 48.5 Å². The standard InChI is InChI=1S/C20H15F3N2O5/c1-11(25-17(27)14-7-2-3-8-15(14)18(25)28)19(29)30-10-16(26)24-13-6-4-5-12(9-13)20(21,22)23/h2-9,11H,10H2,1H3,(H,24,26)/t11-/m0/s1. The maximum absolute atomic E-state index is 12.7. The highest BCUT2D eigenvalue weighted by atomic mass is 19.4. The Morgan fingerprint density at radius 3 is 2.20 bits per heavy atom. The van der Waals surface area contributed by atoms with Gasteiger partial charge in [-0.1, -0.05) is 18.2 Å². The highest BCUT2D eigenvalue weighted by molar-refractivity contribution is 6.22. The van der Waals surface area contributed by atoms with Crippen molar-refractivity contribution in [1.82, 2.24) is 4.90 Å². The number of fused-ring (bicyclic) bond motifs is 1. The van der Waals surface area contributed by atoms with Crippen LogP contribution >= 0.6 is 0 Å². The number of ether oxygens (including phenoxy) is 1. The number of nitrogens with one attached hydrogen (secondary N) is 1. The molecule has 0 unspecified atom stereocenters. The van der Waals surface area contributed by atoms with Gasteiger partial charge in [0.1, 0.15) is 6.04 Å². The molecule has 3 amide bonds. The van der Waals surface area contributed by atoms with Gasteiger partial charge in [0.25, 0.3) is 17.7 Å². The van der Waals surface area contributed by atoms with Crippen LogP contribution in [0.4, 0.5) is 18.9 Å². The molecule has 0 aliphatic carbocycles. The van der Waals surface area contributed by atoms with Gasteiger partial charge in [0.2, 0.25) is 0 Å². The molecule has 0 saturated heterocycles. The highest BCUT2D eigenvalue weighted by Gasteiger charge is 2.41. The molecule has 1 atom stereocenters. The van der Waals surface area contributed by atoms with Crippen LogP contribution < -0.4 is 5.32 Å². The number of hydrogen-bond donors (Lipinski definition) is 1. The van der Waals surface area contributed by atoms with E-state index in [-0.39, 0.29) is 16.8 Å². The molecular weight excluding hydrogens is 405 g/mol. The number of nitrogens with zero attached hydrogens (tertiary/aromatic N) is 1. The molecule has 0 bridgehead atoms. The molecule has 0 aromatic heterocycles. The van der Waals surface area contributed by atoms with Gasteiger partial charge in [0, 0.05) is 5.69 Å². The summed E-state index contributed by atoms with van der Waals surface area (Å²) in [6, 6.07) is 8.72. The molecule has 7 nitrogen and oxygen atoms in total.